The second-order valence-electron chi connectivity index (χ2n) is 2.79. The predicted octanol–water partition coefficient (Wildman–Crippen LogP) is 1.22. The van der Waals surface area contributed by atoms with E-state index >= 15 is 0 Å². The molecule has 1 heterocycles. The number of hydrogen-bond acceptors (Lipinski definition) is 3. The standard InChI is InChI=1S/C11H10N2O3/c14-10(5-1-2-6-11(15)16)13-9-4-3-7-12-8-9/h1-8H,(H,13,14)(H,15,16). The summed E-state index contributed by atoms with van der Waals surface area (Å²) in [7, 11) is 0. The van der Waals surface area contributed by atoms with Gasteiger partial charge in [0.05, 0.1) is 11.9 Å². The molecule has 0 spiro atoms. The third-order valence-electron chi connectivity index (χ3n) is 1.53. The van der Waals surface area contributed by atoms with Crippen LogP contribution in [0.2, 0.25) is 0 Å². The number of carbonyl (C=O) groups excluding carboxylic acids is 1. The quantitative estimate of drug-likeness (QED) is 0.588. The zero-order chi connectivity index (χ0) is 11.8. The number of nitrogens with one attached hydrogen (secondary N) is 1. The van der Waals surface area contributed by atoms with Crippen LogP contribution in [0.1, 0.15) is 0 Å². The molecule has 0 saturated carbocycles. The molecule has 0 fully saturated rings. The highest BCUT2D eigenvalue weighted by Gasteiger charge is 1.95. The normalized spacial score (nSPS) is 10.8. The molecule has 0 unspecified atom stereocenters. The summed E-state index contributed by atoms with van der Waals surface area (Å²) in [6.07, 6.45) is 7.89. The van der Waals surface area contributed by atoms with Crippen molar-refractivity contribution < 1.29 is 14.7 Å². The van der Waals surface area contributed by atoms with Crippen molar-refractivity contribution in [3.8, 4) is 0 Å². The molecule has 1 amide bonds. The van der Waals surface area contributed by atoms with Crippen LogP contribution < -0.4 is 5.32 Å². The highest BCUT2D eigenvalue weighted by atomic mass is 16.4. The Hall–Kier alpha value is -2.43. The zero-order valence-corrected chi connectivity index (χ0v) is 8.33. The largest absolute Gasteiger partial charge is 0.478 e. The maximum absolute atomic E-state index is 11.3. The Balaban J connectivity index is 2.45. The average Bonchev–Trinajstić information content (AvgIpc) is 2.25. The van der Waals surface area contributed by atoms with Crippen molar-refractivity contribution in [1.82, 2.24) is 4.98 Å². The van der Waals surface area contributed by atoms with Crippen molar-refractivity contribution in [2.75, 3.05) is 5.32 Å². The Labute approximate surface area is 92.1 Å². The minimum Gasteiger partial charge on any atom is -0.478 e. The van der Waals surface area contributed by atoms with E-state index in [0.29, 0.717) is 5.69 Å². The summed E-state index contributed by atoms with van der Waals surface area (Å²) >= 11 is 0. The first-order valence-corrected chi connectivity index (χ1v) is 4.47. The lowest BCUT2D eigenvalue weighted by molar-refractivity contribution is -0.131. The average molecular weight is 218 g/mol. The number of aromatic nitrogens is 1. The van der Waals surface area contributed by atoms with E-state index in [1.54, 1.807) is 18.3 Å². The van der Waals surface area contributed by atoms with Gasteiger partial charge in [0.15, 0.2) is 0 Å². The smallest absolute Gasteiger partial charge is 0.328 e. The van der Waals surface area contributed by atoms with Crippen molar-refractivity contribution in [3.05, 3.63) is 48.8 Å². The van der Waals surface area contributed by atoms with Gasteiger partial charge in [-0.25, -0.2) is 4.79 Å². The van der Waals surface area contributed by atoms with Crippen molar-refractivity contribution in [2.24, 2.45) is 0 Å². The molecule has 5 nitrogen and oxygen atoms in total. The fourth-order valence-electron chi connectivity index (χ4n) is 0.901. The van der Waals surface area contributed by atoms with E-state index < -0.39 is 5.97 Å². The molecule has 2 N–H and O–H groups in total. The van der Waals surface area contributed by atoms with E-state index in [0.717, 1.165) is 6.08 Å². The third-order valence-corrected chi connectivity index (χ3v) is 1.53. The molecule has 1 aromatic heterocycles. The topological polar surface area (TPSA) is 79.3 Å². The molecule has 1 aromatic rings. The Morgan fingerprint density at radius 2 is 2.06 bits per heavy atom. The molecule has 1 rings (SSSR count). The fraction of sp³-hybridized carbons (Fsp3) is 0. The van der Waals surface area contributed by atoms with Crippen LogP contribution in [0.3, 0.4) is 0 Å². The molecule has 0 aliphatic carbocycles. The Bertz CT molecular complexity index is 424. The van der Waals surface area contributed by atoms with Crippen LogP contribution in [0.25, 0.3) is 0 Å². The van der Waals surface area contributed by atoms with Crippen LogP contribution in [-0.2, 0) is 9.59 Å². The summed E-state index contributed by atoms with van der Waals surface area (Å²) < 4.78 is 0. The number of nitrogens with zero attached hydrogens (tertiary/aromatic N) is 1. The van der Waals surface area contributed by atoms with E-state index in [1.165, 1.54) is 24.4 Å². The van der Waals surface area contributed by atoms with Crippen molar-refractivity contribution >= 4 is 17.6 Å². The van der Waals surface area contributed by atoms with Crippen molar-refractivity contribution in [1.29, 1.82) is 0 Å². The first-order chi connectivity index (χ1) is 7.68. The molecular formula is C11H10N2O3. The maximum Gasteiger partial charge on any atom is 0.328 e. The maximum atomic E-state index is 11.3. The van der Waals surface area contributed by atoms with Gasteiger partial charge in [0.2, 0.25) is 5.91 Å². The van der Waals surface area contributed by atoms with E-state index in [9.17, 15) is 9.59 Å². The predicted molar refractivity (Wildman–Crippen MR) is 58.8 cm³/mol. The number of anilines is 1. The van der Waals surface area contributed by atoms with Crippen LogP contribution in [-0.4, -0.2) is 22.0 Å². The summed E-state index contributed by atoms with van der Waals surface area (Å²) in [5.41, 5.74) is 0.583. The van der Waals surface area contributed by atoms with Gasteiger partial charge in [-0.1, -0.05) is 12.2 Å². The summed E-state index contributed by atoms with van der Waals surface area (Å²) in [6, 6.07) is 3.40. The Kier molecular flexibility index (Phi) is 4.46. The number of carboxylic acids is 1. The molecular weight excluding hydrogens is 208 g/mol. The van der Waals surface area contributed by atoms with Gasteiger partial charge < -0.3 is 10.4 Å². The second-order valence-corrected chi connectivity index (χ2v) is 2.79. The fourth-order valence-corrected chi connectivity index (χ4v) is 0.901. The molecule has 0 atom stereocenters. The Morgan fingerprint density at radius 1 is 1.31 bits per heavy atom. The number of aliphatic carboxylic acids is 1. The van der Waals surface area contributed by atoms with E-state index in [-0.39, 0.29) is 5.91 Å². The number of carbonyl (C=O) groups is 2. The molecule has 0 aliphatic heterocycles. The third kappa shape index (κ3) is 4.71. The molecule has 0 bridgehead atoms. The zero-order valence-electron chi connectivity index (χ0n) is 8.33. The van der Waals surface area contributed by atoms with Crippen LogP contribution in [0.5, 0.6) is 0 Å². The van der Waals surface area contributed by atoms with Gasteiger partial charge in [-0.15, -0.1) is 0 Å². The number of amides is 1. The highest BCUT2D eigenvalue weighted by molar-refractivity contribution is 5.99. The van der Waals surface area contributed by atoms with E-state index in [1.807, 2.05) is 0 Å². The molecule has 0 saturated heterocycles. The monoisotopic (exact) mass is 218 g/mol. The van der Waals surface area contributed by atoms with Gasteiger partial charge in [0, 0.05) is 18.3 Å². The number of hydrogen-bond donors (Lipinski definition) is 2. The molecule has 5 heteroatoms. The molecule has 16 heavy (non-hydrogen) atoms. The van der Waals surface area contributed by atoms with Crippen molar-refractivity contribution in [2.45, 2.75) is 0 Å². The van der Waals surface area contributed by atoms with Gasteiger partial charge in [0.1, 0.15) is 0 Å². The Morgan fingerprint density at radius 3 is 2.69 bits per heavy atom. The van der Waals surface area contributed by atoms with Crippen LogP contribution in [0.4, 0.5) is 5.69 Å². The van der Waals surface area contributed by atoms with Gasteiger partial charge in [-0.05, 0) is 12.1 Å². The molecule has 0 radical (unpaired) electrons. The highest BCUT2D eigenvalue weighted by Crippen LogP contribution is 2.01. The number of carboxylic acid groups (broad SMARTS) is 1. The first-order valence-electron chi connectivity index (χ1n) is 4.47. The first kappa shape index (κ1) is 11.6. The van der Waals surface area contributed by atoms with Crippen LogP contribution in [0, 0.1) is 0 Å². The lowest BCUT2D eigenvalue weighted by Gasteiger charge is -1.98. The SMILES string of the molecule is O=C(O)C=CC=CC(=O)Nc1cccnc1. The van der Waals surface area contributed by atoms with Gasteiger partial charge in [-0.2, -0.15) is 0 Å². The molecule has 0 aromatic carbocycles. The van der Waals surface area contributed by atoms with Crippen LogP contribution in [0.15, 0.2) is 48.8 Å². The summed E-state index contributed by atoms with van der Waals surface area (Å²) in [5, 5.41) is 10.8. The number of pyridine rings is 1. The van der Waals surface area contributed by atoms with Gasteiger partial charge >= 0.3 is 5.97 Å². The summed E-state index contributed by atoms with van der Waals surface area (Å²) in [5.74, 6) is -1.40. The molecule has 82 valence electrons. The summed E-state index contributed by atoms with van der Waals surface area (Å²) in [6.45, 7) is 0. The van der Waals surface area contributed by atoms with E-state index in [2.05, 4.69) is 10.3 Å². The molecule has 0 aliphatic rings. The minimum atomic E-state index is -1.06. The lowest BCUT2D eigenvalue weighted by Crippen LogP contribution is -2.07. The van der Waals surface area contributed by atoms with Crippen molar-refractivity contribution in [3.63, 3.8) is 0 Å². The lowest BCUT2D eigenvalue weighted by atomic mass is 10.4. The van der Waals surface area contributed by atoms with Gasteiger partial charge in [-0.3, -0.25) is 9.78 Å². The summed E-state index contributed by atoms with van der Waals surface area (Å²) in [4.78, 5) is 25.2. The minimum absolute atomic E-state index is 0.344. The second kappa shape index (κ2) is 6.13. The van der Waals surface area contributed by atoms with Gasteiger partial charge in [0.25, 0.3) is 0 Å². The number of allylic oxidation sites excluding steroid dienone is 2. The number of rotatable bonds is 4. The van der Waals surface area contributed by atoms with E-state index in [4.69, 9.17) is 5.11 Å². The van der Waals surface area contributed by atoms with Crippen LogP contribution >= 0.6 is 0 Å².